The maximum atomic E-state index is 12.7. The lowest BCUT2D eigenvalue weighted by Crippen LogP contribution is -2.43. The van der Waals surface area contributed by atoms with Crippen molar-refractivity contribution < 1.29 is 19.4 Å². The lowest BCUT2D eigenvalue weighted by atomic mass is 9.72. The van der Waals surface area contributed by atoms with Gasteiger partial charge >= 0.3 is 0 Å². The highest BCUT2D eigenvalue weighted by atomic mass is 16.5. The number of rotatable bonds is 6. The molecule has 0 saturated carbocycles. The first-order valence-electron chi connectivity index (χ1n) is 10.4. The predicted octanol–water partition coefficient (Wildman–Crippen LogP) is 1.99. The van der Waals surface area contributed by atoms with Crippen LogP contribution in [0.2, 0.25) is 0 Å². The fraction of sp³-hybridized carbons (Fsp3) is 0.682. The summed E-state index contributed by atoms with van der Waals surface area (Å²) in [4.78, 5) is 15.0. The van der Waals surface area contributed by atoms with Gasteiger partial charge in [0, 0.05) is 38.0 Å². The van der Waals surface area contributed by atoms with Crippen LogP contribution in [-0.2, 0) is 16.0 Å². The number of methoxy groups -OCH3 is 1. The van der Waals surface area contributed by atoms with E-state index < -0.39 is 6.10 Å². The fourth-order valence-electron chi connectivity index (χ4n) is 4.63. The van der Waals surface area contributed by atoms with Crippen molar-refractivity contribution in [2.75, 3.05) is 46.5 Å². The molecule has 0 spiro atoms. The Bertz CT molecular complexity index is 700. The van der Waals surface area contributed by atoms with Crippen molar-refractivity contribution in [3.63, 3.8) is 0 Å². The Labute approximate surface area is 168 Å². The molecule has 2 aliphatic rings. The molecule has 0 bridgehead atoms. The quantitative estimate of drug-likeness (QED) is 0.777. The maximum Gasteiger partial charge on any atom is 0.223 e. The normalized spacial score (nSPS) is 23.8. The molecule has 2 N–H and O–H groups in total. The zero-order chi connectivity index (χ0) is 20.3. The fourth-order valence-corrected chi connectivity index (χ4v) is 4.63. The number of hydrogen-bond donors (Lipinski definition) is 2. The molecule has 1 heterocycles. The Morgan fingerprint density at radius 1 is 1.39 bits per heavy atom. The van der Waals surface area contributed by atoms with Crippen LogP contribution in [0.1, 0.15) is 41.7 Å². The van der Waals surface area contributed by atoms with Crippen molar-refractivity contribution in [3.05, 3.63) is 28.3 Å². The minimum absolute atomic E-state index is 0.0260. The SMILES string of the molecule is COc1cc(C)c2c(c1C)[C@H](O)[C@@H]([C@H](C)C(=O)NCCN1CCOCC1)CC2. The van der Waals surface area contributed by atoms with E-state index in [0.717, 1.165) is 68.1 Å². The number of carbonyl (C=O) groups excluding carboxylic acids is 1. The van der Waals surface area contributed by atoms with E-state index in [4.69, 9.17) is 9.47 Å². The highest BCUT2D eigenvalue weighted by Gasteiger charge is 2.37. The van der Waals surface area contributed by atoms with Crippen molar-refractivity contribution in [1.29, 1.82) is 0 Å². The molecule has 0 aromatic heterocycles. The summed E-state index contributed by atoms with van der Waals surface area (Å²) >= 11 is 0. The second-order valence-electron chi connectivity index (χ2n) is 8.09. The van der Waals surface area contributed by atoms with Crippen molar-refractivity contribution in [1.82, 2.24) is 10.2 Å². The van der Waals surface area contributed by atoms with Crippen LogP contribution in [0.15, 0.2) is 6.07 Å². The number of nitrogens with one attached hydrogen (secondary N) is 1. The summed E-state index contributed by atoms with van der Waals surface area (Å²) in [6.07, 6.45) is 1.07. The number of amides is 1. The number of aliphatic hydroxyl groups is 1. The van der Waals surface area contributed by atoms with Gasteiger partial charge in [-0.1, -0.05) is 6.92 Å². The van der Waals surface area contributed by atoms with Crippen LogP contribution >= 0.6 is 0 Å². The van der Waals surface area contributed by atoms with Gasteiger partial charge in [0.15, 0.2) is 0 Å². The monoisotopic (exact) mass is 390 g/mol. The number of carbonyl (C=O) groups is 1. The Morgan fingerprint density at radius 2 is 2.11 bits per heavy atom. The first-order chi connectivity index (χ1) is 13.4. The number of hydrogen-bond acceptors (Lipinski definition) is 5. The molecule has 1 aliphatic carbocycles. The molecule has 1 saturated heterocycles. The Balaban J connectivity index is 1.64. The highest BCUT2D eigenvalue weighted by molar-refractivity contribution is 5.78. The van der Waals surface area contributed by atoms with Gasteiger partial charge in [-0.3, -0.25) is 9.69 Å². The number of aliphatic hydroxyl groups excluding tert-OH is 1. The number of morpholine rings is 1. The molecule has 1 aromatic carbocycles. The van der Waals surface area contributed by atoms with Crippen LogP contribution in [0.5, 0.6) is 5.75 Å². The number of fused-ring (bicyclic) bond motifs is 1. The summed E-state index contributed by atoms with van der Waals surface area (Å²) < 4.78 is 10.8. The molecule has 1 fully saturated rings. The van der Waals surface area contributed by atoms with Gasteiger partial charge in [-0.05, 0) is 55.0 Å². The molecular weight excluding hydrogens is 356 g/mol. The molecule has 1 amide bonds. The van der Waals surface area contributed by atoms with Crippen molar-refractivity contribution in [2.24, 2.45) is 11.8 Å². The van der Waals surface area contributed by atoms with Crippen molar-refractivity contribution >= 4 is 5.91 Å². The molecule has 6 nitrogen and oxygen atoms in total. The number of aryl methyl sites for hydroxylation is 1. The lowest BCUT2D eigenvalue weighted by Gasteiger charge is -2.36. The van der Waals surface area contributed by atoms with E-state index in [1.54, 1.807) is 7.11 Å². The molecule has 3 atom stereocenters. The summed E-state index contributed by atoms with van der Waals surface area (Å²) in [7, 11) is 1.66. The Hall–Kier alpha value is -1.63. The second-order valence-corrected chi connectivity index (χ2v) is 8.09. The average Bonchev–Trinajstić information content (AvgIpc) is 2.70. The van der Waals surface area contributed by atoms with E-state index in [1.807, 2.05) is 19.9 Å². The zero-order valence-corrected chi connectivity index (χ0v) is 17.6. The zero-order valence-electron chi connectivity index (χ0n) is 17.6. The Kier molecular flexibility index (Phi) is 6.96. The third-order valence-electron chi connectivity index (χ3n) is 6.46. The van der Waals surface area contributed by atoms with Crippen LogP contribution in [-0.4, -0.2) is 62.4 Å². The third-order valence-corrected chi connectivity index (χ3v) is 6.46. The van der Waals surface area contributed by atoms with Gasteiger partial charge in [-0.25, -0.2) is 0 Å². The van der Waals surface area contributed by atoms with Crippen LogP contribution in [0.25, 0.3) is 0 Å². The smallest absolute Gasteiger partial charge is 0.223 e. The topological polar surface area (TPSA) is 71.0 Å². The van der Waals surface area contributed by atoms with Crippen molar-refractivity contribution in [2.45, 2.75) is 39.7 Å². The summed E-state index contributed by atoms with van der Waals surface area (Å²) in [6.45, 7) is 10.8. The van der Waals surface area contributed by atoms with Gasteiger partial charge in [0.2, 0.25) is 5.91 Å². The maximum absolute atomic E-state index is 12.7. The number of ether oxygens (including phenoxy) is 2. The number of nitrogens with zero attached hydrogens (tertiary/aromatic N) is 1. The molecule has 1 aromatic rings. The van der Waals surface area contributed by atoms with E-state index in [-0.39, 0.29) is 17.7 Å². The second kappa shape index (κ2) is 9.25. The molecule has 0 radical (unpaired) electrons. The number of benzene rings is 1. The Morgan fingerprint density at radius 3 is 2.79 bits per heavy atom. The molecule has 1 aliphatic heterocycles. The van der Waals surface area contributed by atoms with Gasteiger partial charge in [0.05, 0.1) is 26.4 Å². The molecule has 0 unspecified atom stereocenters. The van der Waals surface area contributed by atoms with Gasteiger partial charge in [0.25, 0.3) is 0 Å². The van der Waals surface area contributed by atoms with E-state index in [9.17, 15) is 9.90 Å². The summed E-state index contributed by atoms with van der Waals surface area (Å²) in [5, 5.41) is 14.2. The van der Waals surface area contributed by atoms with Gasteiger partial charge in [-0.2, -0.15) is 0 Å². The van der Waals surface area contributed by atoms with Gasteiger partial charge in [-0.15, -0.1) is 0 Å². The van der Waals surface area contributed by atoms with Crippen LogP contribution in [0.3, 0.4) is 0 Å². The summed E-state index contributed by atoms with van der Waals surface area (Å²) in [5.74, 6) is 0.511. The summed E-state index contributed by atoms with van der Waals surface area (Å²) in [5.41, 5.74) is 4.31. The molecule has 28 heavy (non-hydrogen) atoms. The largest absolute Gasteiger partial charge is 0.496 e. The highest BCUT2D eigenvalue weighted by Crippen LogP contribution is 2.43. The van der Waals surface area contributed by atoms with Crippen LogP contribution < -0.4 is 10.1 Å². The minimum atomic E-state index is -0.641. The predicted molar refractivity (Wildman–Crippen MR) is 109 cm³/mol. The lowest BCUT2D eigenvalue weighted by molar-refractivity contribution is -0.128. The van der Waals surface area contributed by atoms with Crippen molar-refractivity contribution in [3.8, 4) is 5.75 Å². The molecular formula is C22H34N2O4. The molecule has 156 valence electrons. The van der Waals surface area contributed by atoms with E-state index in [2.05, 4.69) is 17.1 Å². The standard InChI is InChI=1S/C22H34N2O4/c1-14-13-19(27-4)16(3)20-17(14)5-6-18(21(20)25)15(2)22(26)23-7-8-24-9-11-28-12-10-24/h13,15,18,21,25H,5-12H2,1-4H3,(H,23,26)/t15-,18+,21+/m0/s1. The first kappa shape index (κ1) is 21.1. The van der Waals surface area contributed by atoms with Gasteiger partial charge in [0.1, 0.15) is 5.75 Å². The minimum Gasteiger partial charge on any atom is -0.496 e. The molecule has 3 rings (SSSR count). The van der Waals surface area contributed by atoms with E-state index >= 15 is 0 Å². The van der Waals surface area contributed by atoms with E-state index in [1.165, 1.54) is 5.56 Å². The van der Waals surface area contributed by atoms with E-state index in [0.29, 0.717) is 6.54 Å². The average molecular weight is 391 g/mol. The van der Waals surface area contributed by atoms with Crippen LogP contribution in [0.4, 0.5) is 0 Å². The molecule has 6 heteroatoms. The summed E-state index contributed by atoms with van der Waals surface area (Å²) in [6, 6.07) is 2.04. The van der Waals surface area contributed by atoms with Gasteiger partial charge < -0.3 is 19.9 Å². The third kappa shape index (κ3) is 4.34. The first-order valence-corrected chi connectivity index (χ1v) is 10.4. The van der Waals surface area contributed by atoms with Crippen LogP contribution in [0, 0.1) is 25.7 Å².